The van der Waals surface area contributed by atoms with Crippen molar-refractivity contribution in [2.24, 2.45) is 4.99 Å². The number of ether oxygens (including phenoxy) is 5. The van der Waals surface area contributed by atoms with E-state index in [1.54, 1.807) is 32.0 Å². The second-order valence-electron chi connectivity index (χ2n) is 9.05. The number of benzene rings is 2. The number of carbonyl (C=O) groups is 2. The number of fused-ring (bicyclic) bond motifs is 1. The first-order chi connectivity index (χ1) is 20.6. The number of aromatic nitrogens is 1. The van der Waals surface area contributed by atoms with E-state index in [0.717, 1.165) is 18.5 Å². The van der Waals surface area contributed by atoms with Gasteiger partial charge in [0.05, 0.1) is 55.9 Å². The summed E-state index contributed by atoms with van der Waals surface area (Å²) >= 11 is 5.69. The molecule has 0 radical (unpaired) electrons. The minimum absolute atomic E-state index is 0.159. The van der Waals surface area contributed by atoms with E-state index >= 15 is 0 Å². The van der Waals surface area contributed by atoms with E-state index in [-0.39, 0.29) is 24.3 Å². The molecule has 0 N–H and O–H groups in total. The van der Waals surface area contributed by atoms with E-state index in [1.807, 2.05) is 32.1 Å². The highest BCUT2D eigenvalue weighted by atomic mass is 127. The summed E-state index contributed by atoms with van der Waals surface area (Å²) in [4.78, 5) is 44.1. The van der Waals surface area contributed by atoms with Gasteiger partial charge in [-0.15, -0.1) is 0 Å². The van der Waals surface area contributed by atoms with E-state index in [2.05, 4.69) is 54.9 Å². The lowest BCUT2D eigenvalue weighted by molar-refractivity contribution is -0.143. The molecule has 228 valence electrons. The Hall–Kier alpha value is -2.92. The summed E-state index contributed by atoms with van der Waals surface area (Å²) in [7, 11) is 1.28. The van der Waals surface area contributed by atoms with Gasteiger partial charge in [0.15, 0.2) is 22.9 Å². The Morgan fingerprint density at radius 1 is 1.00 bits per heavy atom. The van der Waals surface area contributed by atoms with Crippen molar-refractivity contribution in [2.45, 2.75) is 33.7 Å². The molecule has 1 aliphatic rings. The summed E-state index contributed by atoms with van der Waals surface area (Å²) in [5.41, 5.74) is 1.82. The molecule has 0 saturated carbocycles. The van der Waals surface area contributed by atoms with Gasteiger partial charge < -0.3 is 23.7 Å². The normalized spacial score (nSPS) is 14.6. The van der Waals surface area contributed by atoms with Crippen molar-refractivity contribution in [1.29, 1.82) is 0 Å². The Kier molecular flexibility index (Phi) is 11.3. The molecule has 0 fully saturated rings. The van der Waals surface area contributed by atoms with E-state index in [9.17, 15) is 14.4 Å². The molecule has 2 aromatic carbocycles. The highest BCUT2D eigenvalue weighted by Crippen LogP contribution is 2.36. The van der Waals surface area contributed by atoms with Crippen molar-refractivity contribution in [3.8, 4) is 17.2 Å². The van der Waals surface area contributed by atoms with Gasteiger partial charge in [-0.2, -0.15) is 0 Å². The molecule has 1 atom stereocenters. The first kappa shape index (κ1) is 33.0. The van der Waals surface area contributed by atoms with Crippen LogP contribution in [0.5, 0.6) is 17.2 Å². The van der Waals surface area contributed by atoms with Crippen LogP contribution in [-0.2, 0) is 19.1 Å². The van der Waals surface area contributed by atoms with E-state index in [0.29, 0.717) is 45.3 Å². The minimum Gasteiger partial charge on any atom is -0.492 e. The van der Waals surface area contributed by atoms with Gasteiger partial charge in [-0.3, -0.25) is 9.36 Å². The monoisotopic (exact) mass is 832 g/mol. The second-order valence-corrected chi connectivity index (χ2v) is 12.4. The molecule has 0 spiro atoms. The number of methoxy groups -OCH3 is 1. The van der Waals surface area contributed by atoms with Crippen molar-refractivity contribution in [2.75, 3.05) is 33.5 Å². The van der Waals surface area contributed by atoms with Gasteiger partial charge in [-0.25, -0.2) is 14.6 Å². The van der Waals surface area contributed by atoms with Gasteiger partial charge >= 0.3 is 11.9 Å². The fourth-order valence-electron chi connectivity index (χ4n) is 4.48. The van der Waals surface area contributed by atoms with Crippen molar-refractivity contribution < 1.29 is 33.3 Å². The van der Waals surface area contributed by atoms with Gasteiger partial charge in [0, 0.05) is 0 Å². The molecule has 1 aromatic heterocycles. The predicted molar refractivity (Wildman–Crippen MR) is 179 cm³/mol. The van der Waals surface area contributed by atoms with E-state index in [4.69, 9.17) is 18.9 Å². The zero-order chi connectivity index (χ0) is 31.3. The summed E-state index contributed by atoms with van der Waals surface area (Å²) in [6.45, 7) is 7.92. The zero-order valence-corrected chi connectivity index (χ0v) is 29.3. The molecule has 0 amide bonds. The fraction of sp³-hybridized carbons (Fsp3) is 0.333. The third-order valence-electron chi connectivity index (χ3n) is 6.28. The van der Waals surface area contributed by atoms with Gasteiger partial charge in [0.1, 0.15) is 5.75 Å². The van der Waals surface area contributed by atoms with Crippen molar-refractivity contribution in [1.82, 2.24) is 4.57 Å². The number of halogens is 2. The Morgan fingerprint density at radius 3 is 2.33 bits per heavy atom. The Balaban J connectivity index is 1.89. The standard InChI is InChI=1S/C30H30I2N2O8S/c1-6-39-22-14-18(9-10-21(22)42-15-24(35)38-5)26-25(29(37)41-8-3)16(4)33-30-34(26)28(36)23(43-30)13-17-11-19(31)27(40-7-2)20(32)12-17/h9-14,26H,6-8,15H2,1-5H3/b23-13-/t26-/m0/s1. The lowest BCUT2D eigenvalue weighted by atomic mass is 9.95. The highest BCUT2D eigenvalue weighted by molar-refractivity contribution is 14.1. The summed E-state index contributed by atoms with van der Waals surface area (Å²) < 4.78 is 31.1. The molecule has 0 bridgehead atoms. The summed E-state index contributed by atoms with van der Waals surface area (Å²) in [6, 6.07) is 8.15. The third-order valence-corrected chi connectivity index (χ3v) is 8.87. The average Bonchev–Trinajstić information content (AvgIpc) is 3.27. The molecule has 43 heavy (non-hydrogen) atoms. The molecule has 4 rings (SSSR count). The molecule has 0 unspecified atom stereocenters. The third kappa shape index (κ3) is 7.25. The molecule has 1 aliphatic heterocycles. The Labute approximate surface area is 279 Å². The van der Waals surface area contributed by atoms with Gasteiger partial charge in [0.2, 0.25) is 0 Å². The van der Waals surface area contributed by atoms with Gasteiger partial charge in [-0.05, 0) is 114 Å². The molecule has 3 aromatic rings. The van der Waals surface area contributed by atoms with Crippen molar-refractivity contribution >= 4 is 74.5 Å². The fourth-order valence-corrected chi connectivity index (χ4v) is 7.66. The van der Waals surface area contributed by atoms with Crippen LogP contribution in [0.1, 0.15) is 44.9 Å². The van der Waals surface area contributed by atoms with Crippen LogP contribution in [0.15, 0.2) is 51.4 Å². The molecular formula is C30H30I2N2O8S. The molecule has 0 saturated heterocycles. The summed E-state index contributed by atoms with van der Waals surface area (Å²) in [6.07, 6.45) is 1.82. The molecule has 2 heterocycles. The molecular weight excluding hydrogens is 802 g/mol. The number of esters is 2. The molecule has 10 nitrogen and oxygen atoms in total. The van der Waals surface area contributed by atoms with Crippen LogP contribution in [-0.4, -0.2) is 50.0 Å². The highest BCUT2D eigenvalue weighted by Gasteiger charge is 2.34. The summed E-state index contributed by atoms with van der Waals surface area (Å²) in [5.74, 6) is 0.367. The maximum Gasteiger partial charge on any atom is 0.343 e. The smallest absolute Gasteiger partial charge is 0.343 e. The van der Waals surface area contributed by atoms with E-state index in [1.165, 1.54) is 23.0 Å². The first-order valence-corrected chi connectivity index (χ1v) is 16.4. The van der Waals surface area contributed by atoms with Crippen LogP contribution < -0.4 is 29.1 Å². The maximum atomic E-state index is 14.0. The quantitative estimate of drug-likeness (QED) is 0.207. The second kappa shape index (κ2) is 14.7. The average molecular weight is 832 g/mol. The maximum absolute atomic E-state index is 14.0. The molecule has 13 heteroatoms. The minimum atomic E-state index is -0.841. The number of thiazole rings is 1. The number of carbonyl (C=O) groups excluding carboxylic acids is 2. The van der Waals surface area contributed by atoms with Crippen molar-refractivity contribution in [3.05, 3.63) is 79.6 Å². The van der Waals surface area contributed by atoms with Crippen LogP contribution in [0, 0.1) is 7.14 Å². The summed E-state index contributed by atoms with van der Waals surface area (Å²) in [5, 5.41) is 0. The first-order valence-electron chi connectivity index (χ1n) is 13.4. The largest absolute Gasteiger partial charge is 0.492 e. The number of allylic oxidation sites excluding steroid dienone is 1. The van der Waals surface area contributed by atoms with Gasteiger partial charge in [0.25, 0.3) is 5.56 Å². The van der Waals surface area contributed by atoms with Crippen molar-refractivity contribution in [3.63, 3.8) is 0 Å². The van der Waals surface area contributed by atoms with Crippen LogP contribution in [0.3, 0.4) is 0 Å². The van der Waals surface area contributed by atoms with E-state index < -0.39 is 18.0 Å². The Bertz CT molecular complexity index is 1740. The number of rotatable bonds is 11. The number of nitrogens with zero attached hydrogens (tertiary/aromatic N) is 2. The van der Waals surface area contributed by atoms with Crippen LogP contribution in [0.4, 0.5) is 0 Å². The molecule has 0 aliphatic carbocycles. The van der Waals surface area contributed by atoms with Crippen LogP contribution in [0.2, 0.25) is 0 Å². The number of hydrogen-bond acceptors (Lipinski definition) is 10. The lowest BCUT2D eigenvalue weighted by Gasteiger charge is -2.25. The topological polar surface area (TPSA) is 115 Å². The zero-order valence-electron chi connectivity index (χ0n) is 24.2. The SMILES string of the molecule is CCOC(=O)C1=C(C)N=c2s/c(=C\c3cc(I)c(OCC)c(I)c3)c(=O)n2[C@H]1c1ccc(OCC(=O)OC)c(OCC)c1. The van der Waals surface area contributed by atoms with Gasteiger partial charge in [-0.1, -0.05) is 17.4 Å². The number of hydrogen-bond donors (Lipinski definition) is 0. The Morgan fingerprint density at radius 2 is 1.70 bits per heavy atom. The predicted octanol–water partition coefficient (Wildman–Crippen LogP) is 4.36. The van der Waals surface area contributed by atoms with Crippen LogP contribution >= 0.6 is 56.5 Å². The lowest BCUT2D eigenvalue weighted by Crippen LogP contribution is -2.40. The van der Waals surface area contributed by atoms with Crippen LogP contribution in [0.25, 0.3) is 6.08 Å².